The molecule has 28 heavy (non-hydrogen) atoms. The Labute approximate surface area is 167 Å². The molecule has 1 fully saturated rings. The van der Waals surface area contributed by atoms with Gasteiger partial charge in [0.1, 0.15) is 17.6 Å². The summed E-state index contributed by atoms with van der Waals surface area (Å²) in [5.41, 5.74) is 0.956. The number of likely N-dealkylation sites (N-methyl/N-ethyl adjacent to an activating group) is 1. The van der Waals surface area contributed by atoms with Gasteiger partial charge in [-0.1, -0.05) is 23.7 Å². The van der Waals surface area contributed by atoms with Crippen LogP contribution in [0.15, 0.2) is 42.5 Å². The van der Waals surface area contributed by atoms with E-state index in [0.29, 0.717) is 11.3 Å². The SMILES string of the molecule is COc1cccc([C@H]2C[C@@H](C(=O)Nc3ccc(F)c(Cl)c3)N(C)S(=O)(=O)N2)c1. The lowest BCUT2D eigenvalue weighted by molar-refractivity contribution is -0.120. The second-order valence-electron chi connectivity index (χ2n) is 6.34. The molecule has 7 nitrogen and oxygen atoms in total. The Morgan fingerprint density at radius 3 is 2.75 bits per heavy atom. The van der Waals surface area contributed by atoms with Crippen molar-refractivity contribution < 1.29 is 22.3 Å². The third-order valence-corrected chi connectivity index (χ3v) is 6.44. The van der Waals surface area contributed by atoms with Gasteiger partial charge in [0.2, 0.25) is 5.91 Å². The van der Waals surface area contributed by atoms with Gasteiger partial charge >= 0.3 is 0 Å². The highest BCUT2D eigenvalue weighted by atomic mass is 35.5. The summed E-state index contributed by atoms with van der Waals surface area (Å²) in [6, 6.07) is 9.14. The van der Waals surface area contributed by atoms with Gasteiger partial charge in [-0.05, 0) is 42.3 Å². The molecule has 0 unspecified atom stereocenters. The zero-order valence-corrected chi connectivity index (χ0v) is 16.7. The fourth-order valence-corrected chi connectivity index (χ4v) is 4.44. The molecular weight excluding hydrogens is 409 g/mol. The molecule has 1 heterocycles. The number of ether oxygens (including phenoxy) is 1. The molecule has 3 rings (SSSR count). The second-order valence-corrected chi connectivity index (χ2v) is 8.51. The van der Waals surface area contributed by atoms with Crippen molar-refractivity contribution in [3.05, 3.63) is 58.9 Å². The molecule has 0 bridgehead atoms. The number of hydrogen-bond acceptors (Lipinski definition) is 4. The normalized spacial score (nSPS) is 21.9. The molecule has 0 saturated carbocycles. The highest BCUT2D eigenvalue weighted by molar-refractivity contribution is 7.87. The molecule has 10 heteroatoms. The van der Waals surface area contributed by atoms with Crippen molar-refractivity contribution in [1.29, 1.82) is 0 Å². The van der Waals surface area contributed by atoms with Crippen LogP contribution in [0.1, 0.15) is 18.0 Å². The molecule has 0 aromatic heterocycles. The summed E-state index contributed by atoms with van der Waals surface area (Å²) in [6.45, 7) is 0. The van der Waals surface area contributed by atoms with E-state index in [9.17, 15) is 17.6 Å². The summed E-state index contributed by atoms with van der Waals surface area (Å²) < 4.78 is 47.1. The number of hydrogen-bond donors (Lipinski definition) is 2. The monoisotopic (exact) mass is 427 g/mol. The van der Waals surface area contributed by atoms with E-state index in [1.165, 1.54) is 26.3 Å². The largest absolute Gasteiger partial charge is 0.497 e. The number of carbonyl (C=O) groups excluding carboxylic acids is 1. The standard InChI is InChI=1S/C18H19ClFN3O4S/c1-23-17(18(24)21-12-6-7-15(20)14(19)9-12)10-16(22-28(23,25)26)11-4-3-5-13(8-11)27-2/h3-9,16-17,22H,10H2,1-2H3,(H,21,24)/t16-,17+/m1/s1. The lowest BCUT2D eigenvalue weighted by atomic mass is 9.99. The zero-order valence-electron chi connectivity index (χ0n) is 15.1. The Kier molecular flexibility index (Phi) is 5.90. The van der Waals surface area contributed by atoms with Gasteiger partial charge in [0.05, 0.1) is 18.2 Å². The first-order chi connectivity index (χ1) is 13.2. The topological polar surface area (TPSA) is 87.7 Å². The first-order valence-corrected chi connectivity index (χ1v) is 10.2. The van der Waals surface area contributed by atoms with Crippen LogP contribution in [-0.4, -0.2) is 38.8 Å². The lowest BCUT2D eigenvalue weighted by Crippen LogP contribution is -2.55. The van der Waals surface area contributed by atoms with Crippen molar-refractivity contribution in [2.24, 2.45) is 0 Å². The van der Waals surface area contributed by atoms with Gasteiger partial charge in [-0.15, -0.1) is 0 Å². The van der Waals surface area contributed by atoms with E-state index in [4.69, 9.17) is 16.3 Å². The van der Waals surface area contributed by atoms with E-state index in [1.54, 1.807) is 24.3 Å². The molecule has 0 spiro atoms. The molecule has 2 N–H and O–H groups in total. The number of halogens is 2. The highest BCUT2D eigenvalue weighted by Crippen LogP contribution is 2.30. The Hall–Kier alpha value is -2.20. The van der Waals surface area contributed by atoms with E-state index in [-0.39, 0.29) is 17.1 Å². The molecule has 2 aromatic carbocycles. The van der Waals surface area contributed by atoms with Crippen LogP contribution in [0.3, 0.4) is 0 Å². The van der Waals surface area contributed by atoms with Crippen LogP contribution in [0.4, 0.5) is 10.1 Å². The van der Waals surface area contributed by atoms with E-state index in [0.717, 1.165) is 10.4 Å². The molecule has 0 aliphatic carbocycles. The first-order valence-electron chi connectivity index (χ1n) is 8.36. The maximum atomic E-state index is 13.3. The van der Waals surface area contributed by atoms with Crippen LogP contribution in [0.25, 0.3) is 0 Å². The fraction of sp³-hybridized carbons (Fsp3) is 0.278. The van der Waals surface area contributed by atoms with Gasteiger partial charge in [0.25, 0.3) is 10.2 Å². The van der Waals surface area contributed by atoms with Gasteiger partial charge < -0.3 is 10.1 Å². The molecule has 1 saturated heterocycles. The minimum atomic E-state index is -3.88. The van der Waals surface area contributed by atoms with E-state index < -0.39 is 34.0 Å². The summed E-state index contributed by atoms with van der Waals surface area (Å²) >= 11 is 5.73. The summed E-state index contributed by atoms with van der Waals surface area (Å²) in [5.74, 6) is -0.569. The summed E-state index contributed by atoms with van der Waals surface area (Å²) in [7, 11) is -1.04. The number of rotatable bonds is 4. The molecule has 2 atom stereocenters. The third kappa shape index (κ3) is 4.27. The molecule has 0 radical (unpaired) electrons. The molecular formula is C18H19ClFN3O4S. The van der Waals surface area contributed by atoms with Crippen molar-refractivity contribution in [2.75, 3.05) is 19.5 Å². The van der Waals surface area contributed by atoms with Crippen molar-refractivity contribution in [3.63, 3.8) is 0 Å². The number of anilines is 1. The number of benzene rings is 2. The van der Waals surface area contributed by atoms with Gasteiger partial charge in [-0.25, -0.2) is 4.39 Å². The minimum Gasteiger partial charge on any atom is -0.497 e. The van der Waals surface area contributed by atoms with Gasteiger partial charge in [0, 0.05) is 12.7 Å². The number of nitrogens with zero attached hydrogens (tertiary/aromatic N) is 1. The molecule has 1 aliphatic heterocycles. The molecule has 1 amide bonds. The van der Waals surface area contributed by atoms with Gasteiger partial charge in [-0.3, -0.25) is 4.79 Å². The van der Waals surface area contributed by atoms with E-state index >= 15 is 0 Å². The average Bonchev–Trinajstić information content (AvgIpc) is 2.66. The van der Waals surface area contributed by atoms with Crippen LogP contribution < -0.4 is 14.8 Å². The summed E-state index contributed by atoms with van der Waals surface area (Å²) in [5, 5.41) is 2.45. The average molecular weight is 428 g/mol. The lowest BCUT2D eigenvalue weighted by Gasteiger charge is -2.36. The van der Waals surface area contributed by atoms with Crippen LogP contribution in [0.5, 0.6) is 5.75 Å². The van der Waals surface area contributed by atoms with Crippen LogP contribution in [0.2, 0.25) is 5.02 Å². The predicted octanol–water partition coefficient (Wildman–Crippen LogP) is 2.71. The van der Waals surface area contributed by atoms with Crippen molar-refractivity contribution >= 4 is 33.4 Å². The minimum absolute atomic E-state index is 0.140. The molecule has 150 valence electrons. The van der Waals surface area contributed by atoms with Crippen molar-refractivity contribution in [3.8, 4) is 5.75 Å². The summed E-state index contributed by atoms with van der Waals surface area (Å²) in [4.78, 5) is 12.8. The van der Waals surface area contributed by atoms with Gasteiger partial charge in [-0.2, -0.15) is 17.4 Å². The van der Waals surface area contributed by atoms with Crippen LogP contribution in [-0.2, 0) is 15.0 Å². The fourth-order valence-electron chi connectivity index (χ4n) is 2.98. The maximum absolute atomic E-state index is 13.3. The van der Waals surface area contributed by atoms with Crippen LogP contribution >= 0.6 is 11.6 Å². The van der Waals surface area contributed by atoms with Crippen LogP contribution in [0, 0.1) is 5.82 Å². The predicted molar refractivity (Wildman–Crippen MR) is 104 cm³/mol. The van der Waals surface area contributed by atoms with Crippen molar-refractivity contribution in [1.82, 2.24) is 9.03 Å². The quantitative estimate of drug-likeness (QED) is 0.785. The Morgan fingerprint density at radius 2 is 2.07 bits per heavy atom. The third-order valence-electron chi connectivity index (χ3n) is 4.55. The highest BCUT2D eigenvalue weighted by Gasteiger charge is 2.40. The number of amides is 1. The second kappa shape index (κ2) is 8.04. The van der Waals surface area contributed by atoms with Crippen molar-refractivity contribution in [2.45, 2.75) is 18.5 Å². The zero-order chi connectivity index (χ0) is 20.5. The van der Waals surface area contributed by atoms with Gasteiger partial charge in [0.15, 0.2) is 0 Å². The molecule has 1 aliphatic rings. The Bertz CT molecular complexity index is 1000. The molecule has 2 aromatic rings. The van der Waals surface area contributed by atoms with E-state index in [2.05, 4.69) is 10.0 Å². The first kappa shape index (κ1) is 20.5. The van der Waals surface area contributed by atoms with E-state index in [1.807, 2.05) is 0 Å². The Morgan fingerprint density at radius 1 is 1.32 bits per heavy atom. The smallest absolute Gasteiger partial charge is 0.280 e. The summed E-state index contributed by atoms with van der Waals surface area (Å²) in [6.07, 6.45) is 0.198. The maximum Gasteiger partial charge on any atom is 0.280 e. The number of carbonyl (C=O) groups is 1. The Balaban J connectivity index is 1.85. The number of nitrogens with one attached hydrogen (secondary N) is 2. The number of methoxy groups -OCH3 is 1.